The Morgan fingerprint density at radius 2 is 1.76 bits per heavy atom. The maximum absolute atomic E-state index is 12.7. The Labute approximate surface area is 134 Å². The van der Waals surface area contributed by atoms with Gasteiger partial charge in [-0.05, 0) is 29.8 Å². The molecule has 2 N–H and O–H groups in total. The zero-order chi connectivity index (χ0) is 15.6. The van der Waals surface area contributed by atoms with Crippen LogP contribution in [0.2, 0.25) is 10.0 Å². The largest absolute Gasteiger partial charge is 0.326 e. The summed E-state index contributed by atoms with van der Waals surface area (Å²) in [5.41, 5.74) is 6.59. The minimum Gasteiger partial charge on any atom is -0.326 e. The molecule has 0 radical (unpaired) electrons. The maximum atomic E-state index is 12.7. The molecule has 0 bridgehead atoms. The van der Waals surface area contributed by atoms with Crippen LogP contribution in [0.4, 0.5) is 5.69 Å². The van der Waals surface area contributed by atoms with Crippen molar-refractivity contribution < 1.29 is 8.42 Å². The highest BCUT2D eigenvalue weighted by atomic mass is 35.5. The summed E-state index contributed by atoms with van der Waals surface area (Å²) in [6.45, 7) is 0.108. The Hall–Kier alpha value is -1.27. The highest BCUT2D eigenvalue weighted by molar-refractivity contribution is 7.93. The van der Waals surface area contributed by atoms with E-state index in [-0.39, 0.29) is 21.5 Å². The molecule has 0 heterocycles. The molecule has 2 aromatic rings. The van der Waals surface area contributed by atoms with Crippen LogP contribution in [-0.2, 0) is 16.6 Å². The molecular weight excluding hydrogens is 331 g/mol. The summed E-state index contributed by atoms with van der Waals surface area (Å²) >= 11 is 12.1. The molecule has 2 rings (SSSR count). The smallest absolute Gasteiger partial charge is 0.265 e. The third-order valence-electron chi connectivity index (χ3n) is 3.06. The van der Waals surface area contributed by atoms with Gasteiger partial charge in [0.05, 0.1) is 10.7 Å². The fraction of sp³-hybridized carbons (Fsp3) is 0.143. The number of anilines is 1. The van der Waals surface area contributed by atoms with Crippen molar-refractivity contribution >= 4 is 38.9 Å². The zero-order valence-corrected chi connectivity index (χ0v) is 13.6. The third-order valence-corrected chi connectivity index (χ3v) is 5.64. The lowest BCUT2D eigenvalue weighted by Gasteiger charge is -2.21. The summed E-state index contributed by atoms with van der Waals surface area (Å²) in [7, 11) is -2.35. The van der Waals surface area contributed by atoms with Crippen molar-refractivity contribution in [3.05, 3.63) is 58.1 Å². The Morgan fingerprint density at radius 3 is 2.33 bits per heavy atom. The Bertz CT molecular complexity index is 749. The fourth-order valence-corrected chi connectivity index (χ4v) is 3.99. The molecule has 4 nitrogen and oxygen atoms in total. The zero-order valence-electron chi connectivity index (χ0n) is 11.3. The lowest BCUT2D eigenvalue weighted by atomic mass is 10.2. The first kappa shape index (κ1) is 16.1. The fourth-order valence-electron chi connectivity index (χ4n) is 1.88. The molecule has 0 aliphatic carbocycles. The van der Waals surface area contributed by atoms with Gasteiger partial charge < -0.3 is 5.73 Å². The number of rotatable bonds is 4. The molecule has 0 unspecified atom stereocenters. The van der Waals surface area contributed by atoms with Gasteiger partial charge in [0.1, 0.15) is 4.90 Å². The van der Waals surface area contributed by atoms with Crippen molar-refractivity contribution in [2.24, 2.45) is 5.73 Å². The first-order valence-electron chi connectivity index (χ1n) is 6.10. The molecule has 0 saturated heterocycles. The number of nitrogens with zero attached hydrogens (tertiary/aromatic N) is 1. The number of sulfonamides is 1. The predicted octanol–water partition coefficient (Wildman–Crippen LogP) is 3.28. The summed E-state index contributed by atoms with van der Waals surface area (Å²) in [4.78, 5) is -0.0523. The standard InChI is InChI=1S/C14H14Cl2N2O2S/c1-18(12-5-3-2-4-6-12)21(19,20)13-8-11(15)7-10(9-17)14(13)16/h2-8H,9,17H2,1H3. The van der Waals surface area contributed by atoms with E-state index in [9.17, 15) is 8.42 Å². The van der Waals surface area contributed by atoms with E-state index >= 15 is 0 Å². The second-order valence-corrected chi connectivity index (χ2v) is 7.14. The van der Waals surface area contributed by atoms with Crippen molar-refractivity contribution in [3.8, 4) is 0 Å². The number of hydrogen-bond donors (Lipinski definition) is 1. The SMILES string of the molecule is CN(c1ccccc1)S(=O)(=O)c1cc(Cl)cc(CN)c1Cl. The van der Waals surface area contributed by atoms with Crippen molar-refractivity contribution in [2.45, 2.75) is 11.4 Å². The normalized spacial score (nSPS) is 11.4. The summed E-state index contributed by atoms with van der Waals surface area (Å²) in [6.07, 6.45) is 0. The van der Waals surface area contributed by atoms with Crippen LogP contribution in [0.25, 0.3) is 0 Å². The summed E-state index contributed by atoms with van der Waals surface area (Å²) < 4.78 is 26.6. The van der Waals surface area contributed by atoms with Crippen molar-refractivity contribution in [2.75, 3.05) is 11.4 Å². The van der Waals surface area contributed by atoms with Gasteiger partial charge in [-0.25, -0.2) is 8.42 Å². The van der Waals surface area contributed by atoms with Gasteiger partial charge in [-0.3, -0.25) is 4.31 Å². The number of para-hydroxylation sites is 1. The average molecular weight is 345 g/mol. The van der Waals surface area contributed by atoms with Gasteiger partial charge >= 0.3 is 0 Å². The van der Waals surface area contributed by atoms with Gasteiger partial charge in [0.15, 0.2) is 0 Å². The first-order valence-corrected chi connectivity index (χ1v) is 8.29. The Kier molecular flexibility index (Phi) is 4.78. The van der Waals surface area contributed by atoms with Crippen LogP contribution in [0.3, 0.4) is 0 Å². The average Bonchev–Trinajstić information content (AvgIpc) is 2.49. The molecule has 0 aromatic heterocycles. The molecule has 0 fully saturated rings. The van der Waals surface area contributed by atoms with E-state index in [0.29, 0.717) is 11.3 Å². The lowest BCUT2D eigenvalue weighted by Crippen LogP contribution is -2.27. The van der Waals surface area contributed by atoms with Crippen LogP contribution in [0.5, 0.6) is 0 Å². The quantitative estimate of drug-likeness (QED) is 0.925. The van der Waals surface area contributed by atoms with Crippen LogP contribution in [-0.4, -0.2) is 15.5 Å². The number of benzene rings is 2. The predicted molar refractivity (Wildman–Crippen MR) is 86.4 cm³/mol. The second kappa shape index (κ2) is 6.23. The maximum Gasteiger partial charge on any atom is 0.265 e. The molecule has 0 aliphatic heterocycles. The minimum atomic E-state index is -3.82. The molecule has 0 spiro atoms. The van der Waals surface area contributed by atoms with Crippen LogP contribution < -0.4 is 10.0 Å². The summed E-state index contributed by atoms with van der Waals surface area (Å²) in [6, 6.07) is 11.6. The van der Waals surface area contributed by atoms with Gasteiger partial charge in [-0.2, -0.15) is 0 Å². The van der Waals surface area contributed by atoms with Crippen molar-refractivity contribution in [1.82, 2.24) is 0 Å². The lowest BCUT2D eigenvalue weighted by molar-refractivity contribution is 0.594. The summed E-state index contributed by atoms with van der Waals surface area (Å²) in [5.74, 6) is 0. The second-order valence-electron chi connectivity index (χ2n) is 4.39. The molecule has 0 amide bonds. The number of hydrogen-bond acceptors (Lipinski definition) is 3. The van der Waals surface area contributed by atoms with Crippen molar-refractivity contribution in [3.63, 3.8) is 0 Å². The molecule has 0 aliphatic rings. The highest BCUT2D eigenvalue weighted by Crippen LogP contribution is 2.32. The van der Waals surface area contributed by atoms with Crippen LogP contribution >= 0.6 is 23.2 Å². The van der Waals surface area contributed by atoms with E-state index < -0.39 is 10.0 Å². The number of nitrogens with two attached hydrogens (primary N) is 1. The Morgan fingerprint density at radius 1 is 1.14 bits per heavy atom. The van der Waals surface area contributed by atoms with Crippen molar-refractivity contribution in [1.29, 1.82) is 0 Å². The Balaban J connectivity index is 2.57. The monoisotopic (exact) mass is 344 g/mol. The molecule has 21 heavy (non-hydrogen) atoms. The van der Waals surface area contributed by atoms with E-state index in [1.165, 1.54) is 13.1 Å². The minimum absolute atomic E-state index is 0.0523. The molecule has 2 aromatic carbocycles. The highest BCUT2D eigenvalue weighted by Gasteiger charge is 2.25. The molecule has 112 valence electrons. The van der Waals surface area contributed by atoms with Gasteiger partial charge in [0.2, 0.25) is 0 Å². The van der Waals surface area contributed by atoms with E-state index in [2.05, 4.69) is 0 Å². The van der Waals surface area contributed by atoms with Gasteiger partial charge in [0.25, 0.3) is 10.0 Å². The van der Waals surface area contributed by atoms with E-state index in [1.807, 2.05) is 6.07 Å². The molecule has 7 heteroatoms. The van der Waals surface area contributed by atoms with Crippen LogP contribution in [0, 0.1) is 0 Å². The van der Waals surface area contributed by atoms with Crippen LogP contribution in [0.1, 0.15) is 5.56 Å². The first-order chi connectivity index (χ1) is 9.87. The van der Waals surface area contributed by atoms with E-state index in [4.69, 9.17) is 28.9 Å². The van der Waals surface area contributed by atoms with E-state index in [0.717, 1.165) is 4.31 Å². The molecular formula is C14H14Cl2N2O2S. The van der Waals surface area contributed by atoms with Crippen LogP contribution in [0.15, 0.2) is 47.4 Å². The topological polar surface area (TPSA) is 63.4 Å². The van der Waals surface area contributed by atoms with Gasteiger partial charge in [-0.15, -0.1) is 0 Å². The number of halogens is 2. The summed E-state index contributed by atoms with van der Waals surface area (Å²) in [5, 5.41) is 0.379. The van der Waals surface area contributed by atoms with E-state index in [1.54, 1.807) is 30.3 Å². The van der Waals surface area contributed by atoms with Gasteiger partial charge in [-0.1, -0.05) is 41.4 Å². The molecule has 0 saturated carbocycles. The third kappa shape index (κ3) is 3.16. The molecule has 0 atom stereocenters. The van der Waals surface area contributed by atoms with Gasteiger partial charge in [0, 0.05) is 18.6 Å².